The zero-order valence-electron chi connectivity index (χ0n) is 9.99. The fraction of sp³-hybridized carbons (Fsp3) is 0.214. The maximum Gasteiger partial charge on any atom is 0.249 e. The number of allylic oxidation sites excluding steroid dienone is 5. The van der Waals surface area contributed by atoms with Gasteiger partial charge in [0.2, 0.25) is 5.56 Å². The van der Waals surface area contributed by atoms with Gasteiger partial charge in [-0.15, -0.1) is 0 Å². The third-order valence-electron chi connectivity index (χ3n) is 3.33. The fourth-order valence-electron chi connectivity index (χ4n) is 2.43. The number of fused-ring (bicyclic) bond motifs is 1. The van der Waals surface area contributed by atoms with Crippen LogP contribution in [0.4, 0.5) is 11.5 Å². The minimum atomic E-state index is -0.153. The number of pyridine rings is 1. The van der Waals surface area contributed by atoms with Gasteiger partial charge >= 0.3 is 0 Å². The zero-order chi connectivity index (χ0) is 12.5. The lowest BCUT2D eigenvalue weighted by Gasteiger charge is -2.17. The molecule has 0 atom stereocenters. The van der Waals surface area contributed by atoms with Crippen LogP contribution in [0.3, 0.4) is 0 Å². The summed E-state index contributed by atoms with van der Waals surface area (Å²) in [6.45, 7) is 0. The predicted molar refractivity (Wildman–Crippen MR) is 73.2 cm³/mol. The summed E-state index contributed by atoms with van der Waals surface area (Å²) < 4.78 is 0. The second-order valence-electron chi connectivity index (χ2n) is 4.54. The van der Waals surface area contributed by atoms with Crippen molar-refractivity contribution in [2.75, 3.05) is 11.1 Å². The molecule has 3 rings (SSSR count). The van der Waals surface area contributed by atoms with Crippen LogP contribution in [0.25, 0.3) is 0 Å². The van der Waals surface area contributed by atoms with E-state index in [0.717, 1.165) is 25.0 Å². The molecule has 0 radical (unpaired) electrons. The van der Waals surface area contributed by atoms with E-state index < -0.39 is 0 Å². The molecule has 0 aromatic carbocycles. The Hall–Kier alpha value is -2.23. The third-order valence-corrected chi connectivity index (χ3v) is 3.33. The lowest BCUT2D eigenvalue weighted by atomic mass is 9.98. The molecule has 18 heavy (non-hydrogen) atoms. The van der Waals surface area contributed by atoms with Crippen LogP contribution in [0.5, 0.6) is 0 Å². The van der Waals surface area contributed by atoms with Crippen molar-refractivity contribution in [2.24, 2.45) is 0 Å². The Bertz CT molecular complexity index is 635. The monoisotopic (exact) mass is 241 g/mol. The first-order valence-electron chi connectivity index (χ1n) is 6.09. The maximum atomic E-state index is 11.3. The first-order chi connectivity index (χ1) is 8.74. The van der Waals surface area contributed by atoms with Crippen molar-refractivity contribution in [1.82, 2.24) is 4.98 Å². The molecule has 2 aliphatic rings. The Morgan fingerprint density at radius 3 is 3.11 bits per heavy atom. The van der Waals surface area contributed by atoms with Crippen molar-refractivity contribution in [3.8, 4) is 0 Å². The van der Waals surface area contributed by atoms with Gasteiger partial charge in [0.25, 0.3) is 0 Å². The van der Waals surface area contributed by atoms with Gasteiger partial charge in [0.1, 0.15) is 5.82 Å². The number of nitrogens with one attached hydrogen (secondary N) is 2. The minimum Gasteiger partial charge on any atom is -0.396 e. The standard InChI is InChI=1S/C14H15N3O/c15-11-7-8-13(18)17-14(11)16-12-6-2-4-9-3-1-5-10(9)12/h2-3,6-8H,1,4-5,15H2,(H2,16,17,18). The Kier molecular flexibility index (Phi) is 2.55. The molecular formula is C14H15N3O. The number of nitrogens with two attached hydrogens (primary N) is 1. The van der Waals surface area contributed by atoms with Gasteiger partial charge in [0.15, 0.2) is 0 Å². The van der Waals surface area contributed by atoms with E-state index >= 15 is 0 Å². The molecule has 1 aromatic heterocycles. The van der Waals surface area contributed by atoms with Gasteiger partial charge in [-0.3, -0.25) is 4.79 Å². The Morgan fingerprint density at radius 2 is 2.22 bits per heavy atom. The number of anilines is 2. The number of nitrogen functional groups attached to an aromatic ring is 1. The smallest absolute Gasteiger partial charge is 0.249 e. The molecule has 0 bridgehead atoms. The number of aromatic nitrogens is 1. The van der Waals surface area contributed by atoms with E-state index in [1.807, 2.05) is 0 Å². The quantitative estimate of drug-likeness (QED) is 0.744. The third kappa shape index (κ3) is 1.86. The highest BCUT2D eigenvalue weighted by atomic mass is 16.1. The highest BCUT2D eigenvalue weighted by molar-refractivity contribution is 5.66. The van der Waals surface area contributed by atoms with Crippen LogP contribution in [0.15, 0.2) is 52.0 Å². The molecular weight excluding hydrogens is 226 g/mol. The zero-order valence-corrected chi connectivity index (χ0v) is 9.99. The first-order valence-corrected chi connectivity index (χ1v) is 6.09. The highest BCUT2D eigenvalue weighted by Crippen LogP contribution is 2.34. The second-order valence-corrected chi connectivity index (χ2v) is 4.54. The van der Waals surface area contributed by atoms with Crippen LogP contribution in [0.1, 0.15) is 19.3 Å². The van der Waals surface area contributed by atoms with Crippen molar-refractivity contribution in [1.29, 1.82) is 0 Å². The molecule has 92 valence electrons. The van der Waals surface area contributed by atoms with E-state index in [1.54, 1.807) is 6.07 Å². The lowest BCUT2D eigenvalue weighted by molar-refractivity contribution is 1.02. The van der Waals surface area contributed by atoms with Crippen LogP contribution < -0.4 is 16.6 Å². The highest BCUT2D eigenvalue weighted by Gasteiger charge is 2.18. The van der Waals surface area contributed by atoms with E-state index in [4.69, 9.17) is 5.73 Å². The summed E-state index contributed by atoms with van der Waals surface area (Å²) in [6, 6.07) is 3.04. The molecule has 0 amide bonds. The van der Waals surface area contributed by atoms with Crippen LogP contribution in [0, 0.1) is 0 Å². The van der Waals surface area contributed by atoms with Gasteiger partial charge in [0, 0.05) is 11.8 Å². The van der Waals surface area contributed by atoms with Gasteiger partial charge in [-0.25, -0.2) is 0 Å². The molecule has 1 aromatic rings. The summed E-state index contributed by atoms with van der Waals surface area (Å²) in [7, 11) is 0. The van der Waals surface area contributed by atoms with Crippen molar-refractivity contribution >= 4 is 11.5 Å². The first kappa shape index (κ1) is 10.9. The molecule has 0 spiro atoms. The molecule has 0 aliphatic heterocycles. The molecule has 2 aliphatic carbocycles. The van der Waals surface area contributed by atoms with Gasteiger partial charge in [-0.1, -0.05) is 12.2 Å². The van der Waals surface area contributed by atoms with Crippen molar-refractivity contribution in [2.45, 2.75) is 19.3 Å². The summed E-state index contributed by atoms with van der Waals surface area (Å²) >= 11 is 0. The molecule has 0 saturated heterocycles. The Morgan fingerprint density at radius 1 is 1.33 bits per heavy atom. The number of hydrogen-bond donors (Lipinski definition) is 3. The summed E-state index contributed by atoms with van der Waals surface area (Å²) in [5.41, 5.74) is 10.0. The van der Waals surface area contributed by atoms with E-state index in [2.05, 4.69) is 28.5 Å². The topological polar surface area (TPSA) is 70.9 Å². The van der Waals surface area contributed by atoms with Crippen LogP contribution in [-0.4, -0.2) is 4.98 Å². The maximum absolute atomic E-state index is 11.3. The second kappa shape index (κ2) is 4.22. The summed E-state index contributed by atoms with van der Waals surface area (Å²) in [5, 5.41) is 3.23. The van der Waals surface area contributed by atoms with Crippen LogP contribution in [-0.2, 0) is 0 Å². The van der Waals surface area contributed by atoms with Gasteiger partial charge in [-0.05, 0) is 42.6 Å². The molecule has 4 N–H and O–H groups in total. The van der Waals surface area contributed by atoms with Crippen LogP contribution in [0.2, 0.25) is 0 Å². The summed E-state index contributed by atoms with van der Waals surface area (Å²) in [5.74, 6) is 0.572. The van der Waals surface area contributed by atoms with Gasteiger partial charge < -0.3 is 16.0 Å². The SMILES string of the molecule is Nc1ccc(=O)[nH]c1NC1=C2CCC=C2CC=C1. The number of H-pyrrole nitrogens is 1. The lowest BCUT2D eigenvalue weighted by Crippen LogP contribution is -2.13. The predicted octanol–water partition coefficient (Wildman–Crippen LogP) is 2.30. The van der Waals surface area contributed by atoms with Gasteiger partial charge in [-0.2, -0.15) is 0 Å². The molecule has 0 saturated carbocycles. The Labute approximate surface area is 105 Å². The van der Waals surface area contributed by atoms with Crippen LogP contribution >= 0.6 is 0 Å². The molecule has 0 unspecified atom stereocenters. The molecule has 0 fully saturated rings. The largest absolute Gasteiger partial charge is 0.396 e. The molecule has 1 heterocycles. The van der Waals surface area contributed by atoms with E-state index in [0.29, 0.717) is 11.5 Å². The van der Waals surface area contributed by atoms with Gasteiger partial charge in [0.05, 0.1) is 5.69 Å². The fourth-order valence-corrected chi connectivity index (χ4v) is 2.43. The Balaban J connectivity index is 1.97. The minimum absolute atomic E-state index is 0.153. The summed E-state index contributed by atoms with van der Waals surface area (Å²) in [6.07, 6.45) is 9.61. The van der Waals surface area contributed by atoms with Crippen molar-refractivity contribution < 1.29 is 0 Å². The number of hydrogen-bond acceptors (Lipinski definition) is 3. The average Bonchev–Trinajstić information content (AvgIpc) is 2.83. The van der Waals surface area contributed by atoms with E-state index in [9.17, 15) is 4.79 Å². The van der Waals surface area contributed by atoms with Crippen molar-refractivity contribution in [3.63, 3.8) is 0 Å². The normalized spacial score (nSPS) is 17.7. The molecule has 4 heteroatoms. The van der Waals surface area contributed by atoms with Crippen molar-refractivity contribution in [3.05, 3.63) is 57.6 Å². The summed E-state index contributed by atoms with van der Waals surface area (Å²) in [4.78, 5) is 14.0. The number of rotatable bonds is 2. The van der Waals surface area contributed by atoms with E-state index in [-0.39, 0.29) is 5.56 Å². The molecule has 4 nitrogen and oxygen atoms in total. The average molecular weight is 241 g/mol. The van der Waals surface area contributed by atoms with E-state index in [1.165, 1.54) is 17.2 Å². The number of aromatic amines is 1.